The number of aromatic nitrogens is 2. The van der Waals surface area contributed by atoms with Gasteiger partial charge in [-0.2, -0.15) is 0 Å². The second-order valence-corrected chi connectivity index (χ2v) is 3.71. The van der Waals surface area contributed by atoms with E-state index in [-0.39, 0.29) is 6.42 Å². The Morgan fingerprint density at radius 1 is 1.64 bits per heavy atom. The minimum absolute atomic E-state index is 0.0188. The Morgan fingerprint density at radius 3 is 2.93 bits per heavy atom. The summed E-state index contributed by atoms with van der Waals surface area (Å²) in [6.45, 7) is 0. The van der Waals surface area contributed by atoms with Crippen LogP contribution >= 0.6 is 0 Å². The van der Waals surface area contributed by atoms with Crippen LogP contribution in [-0.2, 0) is 7.05 Å². The van der Waals surface area contributed by atoms with Gasteiger partial charge in [0.1, 0.15) is 0 Å². The van der Waals surface area contributed by atoms with Crippen molar-refractivity contribution in [3.8, 4) is 0 Å². The molecule has 0 bridgehead atoms. The number of halogens is 2. The number of nitrogens with zero attached hydrogens (tertiary/aromatic N) is 2. The monoisotopic (exact) mass is 201 g/mol. The highest BCUT2D eigenvalue weighted by molar-refractivity contribution is 5.29. The van der Waals surface area contributed by atoms with E-state index in [4.69, 9.17) is 0 Å². The summed E-state index contributed by atoms with van der Waals surface area (Å²) in [6.07, 6.45) is 4.40. The third-order valence-electron chi connectivity index (χ3n) is 2.64. The summed E-state index contributed by atoms with van der Waals surface area (Å²) in [5.41, 5.74) is 0. The summed E-state index contributed by atoms with van der Waals surface area (Å²) in [5, 5.41) is 2.78. The Bertz CT molecular complexity index is 322. The summed E-state index contributed by atoms with van der Waals surface area (Å²) in [4.78, 5) is 3.96. The lowest BCUT2D eigenvalue weighted by molar-refractivity contribution is -0.000845. The lowest BCUT2D eigenvalue weighted by Crippen LogP contribution is -2.35. The van der Waals surface area contributed by atoms with Crippen molar-refractivity contribution in [3.05, 3.63) is 12.4 Å². The van der Waals surface area contributed by atoms with Crippen molar-refractivity contribution >= 4 is 5.95 Å². The molecule has 78 valence electrons. The van der Waals surface area contributed by atoms with Crippen LogP contribution in [0.25, 0.3) is 0 Å². The van der Waals surface area contributed by atoms with E-state index in [1.165, 1.54) is 0 Å². The number of alkyl halides is 2. The molecule has 1 unspecified atom stereocenters. The van der Waals surface area contributed by atoms with Crippen LogP contribution in [0.2, 0.25) is 0 Å². The summed E-state index contributed by atoms with van der Waals surface area (Å²) in [6, 6.07) is -0.761. The van der Waals surface area contributed by atoms with Crippen molar-refractivity contribution < 1.29 is 8.78 Å². The smallest absolute Gasteiger partial charge is 0.267 e. The average molecular weight is 201 g/mol. The molecule has 1 fully saturated rings. The molecule has 5 heteroatoms. The first kappa shape index (κ1) is 9.43. The molecule has 0 aromatic carbocycles. The van der Waals surface area contributed by atoms with E-state index in [9.17, 15) is 8.78 Å². The molecule has 0 spiro atoms. The second-order valence-electron chi connectivity index (χ2n) is 3.71. The normalized spacial score (nSPS) is 25.2. The molecule has 1 aromatic rings. The van der Waals surface area contributed by atoms with E-state index in [2.05, 4.69) is 10.3 Å². The maximum Gasteiger partial charge on any atom is 0.267 e. The molecule has 1 N–H and O–H groups in total. The predicted octanol–water partition coefficient (Wildman–Crippen LogP) is 2.02. The van der Waals surface area contributed by atoms with Crippen LogP contribution in [0, 0.1) is 0 Å². The van der Waals surface area contributed by atoms with E-state index in [0.29, 0.717) is 18.8 Å². The topological polar surface area (TPSA) is 29.9 Å². The number of nitrogens with one attached hydrogen (secondary N) is 1. The van der Waals surface area contributed by atoms with E-state index in [0.717, 1.165) is 0 Å². The molecule has 0 radical (unpaired) electrons. The van der Waals surface area contributed by atoms with Gasteiger partial charge in [0.25, 0.3) is 5.92 Å². The molecule has 14 heavy (non-hydrogen) atoms. The SMILES string of the molecule is Cn1ccnc1NC1CCCC1(F)F. The summed E-state index contributed by atoms with van der Waals surface area (Å²) in [7, 11) is 1.78. The first-order chi connectivity index (χ1) is 6.59. The van der Waals surface area contributed by atoms with Crippen LogP contribution in [-0.4, -0.2) is 21.5 Å². The van der Waals surface area contributed by atoms with E-state index in [1.807, 2.05) is 0 Å². The third kappa shape index (κ3) is 1.58. The van der Waals surface area contributed by atoms with Gasteiger partial charge in [-0.1, -0.05) is 0 Å². The zero-order valence-electron chi connectivity index (χ0n) is 8.00. The number of rotatable bonds is 2. The quantitative estimate of drug-likeness (QED) is 0.793. The largest absolute Gasteiger partial charge is 0.347 e. The summed E-state index contributed by atoms with van der Waals surface area (Å²) < 4.78 is 28.2. The highest BCUT2D eigenvalue weighted by atomic mass is 19.3. The van der Waals surface area contributed by atoms with Gasteiger partial charge in [0.15, 0.2) is 0 Å². The molecule has 1 aliphatic rings. The average Bonchev–Trinajstić information content (AvgIpc) is 2.62. The van der Waals surface area contributed by atoms with Crippen molar-refractivity contribution in [3.63, 3.8) is 0 Å². The van der Waals surface area contributed by atoms with Crippen molar-refractivity contribution in [2.24, 2.45) is 7.05 Å². The van der Waals surface area contributed by atoms with E-state index < -0.39 is 12.0 Å². The molecule has 1 atom stereocenters. The predicted molar refractivity (Wildman–Crippen MR) is 49.4 cm³/mol. The van der Waals surface area contributed by atoms with Gasteiger partial charge in [-0.3, -0.25) is 0 Å². The fourth-order valence-electron chi connectivity index (χ4n) is 1.77. The summed E-state index contributed by atoms with van der Waals surface area (Å²) >= 11 is 0. The van der Waals surface area contributed by atoms with Gasteiger partial charge in [0.05, 0.1) is 6.04 Å². The van der Waals surface area contributed by atoms with Gasteiger partial charge in [0.2, 0.25) is 5.95 Å². The Balaban J connectivity index is 2.08. The van der Waals surface area contributed by atoms with Crippen LogP contribution in [0.1, 0.15) is 19.3 Å². The van der Waals surface area contributed by atoms with Crippen LogP contribution < -0.4 is 5.32 Å². The Hall–Kier alpha value is -1.13. The first-order valence-electron chi connectivity index (χ1n) is 4.71. The van der Waals surface area contributed by atoms with Crippen molar-refractivity contribution in [1.82, 2.24) is 9.55 Å². The maximum atomic E-state index is 13.2. The molecule has 3 nitrogen and oxygen atoms in total. The molecule has 0 saturated heterocycles. The highest BCUT2D eigenvalue weighted by Gasteiger charge is 2.44. The van der Waals surface area contributed by atoms with Crippen molar-refractivity contribution in [1.29, 1.82) is 0 Å². The molecule has 1 aromatic heterocycles. The lowest BCUT2D eigenvalue weighted by atomic mass is 10.2. The number of imidazole rings is 1. The molecule has 2 rings (SSSR count). The lowest BCUT2D eigenvalue weighted by Gasteiger charge is -2.20. The standard InChI is InChI=1S/C9H13F2N3/c1-14-6-5-12-8(14)13-7-3-2-4-9(7,10)11/h5-7H,2-4H2,1H3,(H,12,13). The molecule has 1 saturated carbocycles. The first-order valence-corrected chi connectivity index (χ1v) is 4.71. The van der Waals surface area contributed by atoms with Crippen LogP contribution in [0.4, 0.5) is 14.7 Å². The van der Waals surface area contributed by atoms with Gasteiger partial charge in [-0.15, -0.1) is 0 Å². The fraction of sp³-hybridized carbons (Fsp3) is 0.667. The Morgan fingerprint density at radius 2 is 2.43 bits per heavy atom. The van der Waals surface area contributed by atoms with E-state index >= 15 is 0 Å². The minimum Gasteiger partial charge on any atom is -0.347 e. The molecule has 1 aliphatic carbocycles. The van der Waals surface area contributed by atoms with Gasteiger partial charge in [-0.05, 0) is 12.8 Å². The highest BCUT2D eigenvalue weighted by Crippen LogP contribution is 2.36. The number of anilines is 1. The molecule has 0 amide bonds. The zero-order chi connectivity index (χ0) is 10.2. The number of hydrogen-bond acceptors (Lipinski definition) is 2. The zero-order valence-corrected chi connectivity index (χ0v) is 8.00. The fourth-order valence-corrected chi connectivity index (χ4v) is 1.77. The Kier molecular flexibility index (Phi) is 2.17. The maximum absolute atomic E-state index is 13.2. The molecule has 0 aliphatic heterocycles. The summed E-state index contributed by atoms with van der Waals surface area (Å²) in [5.74, 6) is -2.08. The second kappa shape index (κ2) is 3.22. The van der Waals surface area contributed by atoms with Gasteiger partial charge >= 0.3 is 0 Å². The van der Waals surface area contributed by atoms with Crippen LogP contribution in [0.3, 0.4) is 0 Å². The van der Waals surface area contributed by atoms with Gasteiger partial charge in [-0.25, -0.2) is 13.8 Å². The van der Waals surface area contributed by atoms with Gasteiger partial charge < -0.3 is 9.88 Å². The molecule has 1 heterocycles. The van der Waals surface area contributed by atoms with Crippen molar-refractivity contribution in [2.45, 2.75) is 31.2 Å². The minimum atomic E-state index is -2.59. The Labute approximate surface area is 81.1 Å². The third-order valence-corrected chi connectivity index (χ3v) is 2.64. The van der Waals surface area contributed by atoms with Crippen LogP contribution in [0.5, 0.6) is 0 Å². The van der Waals surface area contributed by atoms with Crippen LogP contribution in [0.15, 0.2) is 12.4 Å². The number of aryl methyl sites for hydroxylation is 1. The molecular weight excluding hydrogens is 188 g/mol. The van der Waals surface area contributed by atoms with Crippen molar-refractivity contribution in [2.75, 3.05) is 5.32 Å². The van der Waals surface area contributed by atoms with Gasteiger partial charge in [0, 0.05) is 25.9 Å². The molecular formula is C9H13F2N3. The number of hydrogen-bond donors (Lipinski definition) is 1. The van der Waals surface area contributed by atoms with E-state index in [1.54, 1.807) is 24.0 Å².